The molecule has 0 bridgehead atoms. The molecule has 0 spiro atoms. The third-order valence-electron chi connectivity index (χ3n) is 4.41. The van der Waals surface area contributed by atoms with Crippen molar-refractivity contribution < 1.29 is 5.11 Å². The minimum absolute atomic E-state index is 0.0869. The molecule has 0 amide bonds. The van der Waals surface area contributed by atoms with Crippen molar-refractivity contribution >= 4 is 5.96 Å². The van der Waals surface area contributed by atoms with E-state index in [0.717, 1.165) is 38.4 Å². The average molecular weight is 318 g/mol. The second kappa shape index (κ2) is 9.53. The zero-order valence-corrected chi connectivity index (χ0v) is 14.3. The second-order valence-electron chi connectivity index (χ2n) is 6.03. The van der Waals surface area contributed by atoms with Crippen molar-refractivity contribution in [3.63, 3.8) is 0 Å². The van der Waals surface area contributed by atoms with Crippen LogP contribution < -0.4 is 10.6 Å². The zero-order valence-electron chi connectivity index (χ0n) is 14.3. The van der Waals surface area contributed by atoms with E-state index in [2.05, 4.69) is 64.7 Å². The van der Waals surface area contributed by atoms with Gasteiger partial charge in [-0.1, -0.05) is 30.3 Å². The van der Waals surface area contributed by atoms with Crippen molar-refractivity contribution in [3.8, 4) is 0 Å². The summed E-state index contributed by atoms with van der Waals surface area (Å²) in [6, 6.07) is 11.6. The van der Waals surface area contributed by atoms with Crippen LogP contribution in [0.15, 0.2) is 35.3 Å². The number of aliphatic imine (C=N–C) groups is 1. The lowest BCUT2D eigenvalue weighted by molar-refractivity contribution is 0.158. The molecule has 0 aliphatic carbocycles. The van der Waals surface area contributed by atoms with Gasteiger partial charge in [-0.15, -0.1) is 0 Å². The molecule has 23 heavy (non-hydrogen) atoms. The molecule has 1 aromatic carbocycles. The lowest BCUT2D eigenvalue weighted by atomic mass is 10.0. The molecule has 1 saturated heterocycles. The Hall–Kier alpha value is -1.59. The molecule has 1 atom stereocenters. The molecule has 0 radical (unpaired) electrons. The highest BCUT2D eigenvalue weighted by Gasteiger charge is 2.23. The number of likely N-dealkylation sites (tertiary alicyclic amines) is 1. The van der Waals surface area contributed by atoms with Crippen molar-refractivity contribution in [1.82, 2.24) is 15.5 Å². The van der Waals surface area contributed by atoms with Gasteiger partial charge in [-0.25, -0.2) is 0 Å². The van der Waals surface area contributed by atoms with Crippen LogP contribution >= 0.6 is 0 Å². The van der Waals surface area contributed by atoms with Crippen LogP contribution in [0.25, 0.3) is 0 Å². The van der Waals surface area contributed by atoms with Crippen LogP contribution in [-0.2, 0) is 0 Å². The summed E-state index contributed by atoms with van der Waals surface area (Å²) in [5.41, 5.74) is 1.39. The normalized spacial score (nSPS) is 18.7. The van der Waals surface area contributed by atoms with Gasteiger partial charge in [0.05, 0.1) is 13.2 Å². The monoisotopic (exact) mass is 318 g/mol. The number of piperidine rings is 1. The van der Waals surface area contributed by atoms with Gasteiger partial charge in [0.2, 0.25) is 0 Å². The predicted octanol–water partition coefficient (Wildman–Crippen LogP) is 1.76. The summed E-state index contributed by atoms with van der Waals surface area (Å²) in [5, 5.41) is 15.7. The summed E-state index contributed by atoms with van der Waals surface area (Å²) in [6.07, 6.45) is 2.22. The number of aliphatic hydroxyl groups excluding tert-OH is 1. The highest BCUT2D eigenvalue weighted by atomic mass is 16.3. The van der Waals surface area contributed by atoms with Gasteiger partial charge in [0.15, 0.2) is 5.96 Å². The molecule has 0 saturated carbocycles. The number of rotatable bonds is 6. The Morgan fingerprint density at radius 1 is 1.30 bits per heavy atom. The van der Waals surface area contributed by atoms with E-state index in [0.29, 0.717) is 18.6 Å². The Balaban J connectivity index is 1.83. The third kappa shape index (κ3) is 5.52. The minimum Gasteiger partial charge on any atom is -0.394 e. The predicted molar refractivity (Wildman–Crippen MR) is 95.7 cm³/mol. The molecular formula is C18H30N4O. The maximum atomic E-state index is 8.92. The Bertz CT molecular complexity index is 469. The molecule has 1 heterocycles. The highest BCUT2D eigenvalue weighted by molar-refractivity contribution is 5.80. The fourth-order valence-electron chi connectivity index (χ4n) is 3.05. The molecule has 1 unspecified atom stereocenters. The molecule has 1 aliphatic rings. The maximum Gasteiger partial charge on any atom is 0.191 e. The lowest BCUT2D eigenvalue weighted by Crippen LogP contribution is -2.49. The number of benzene rings is 1. The molecule has 5 heteroatoms. The summed E-state index contributed by atoms with van der Waals surface area (Å²) >= 11 is 0. The quantitative estimate of drug-likeness (QED) is 0.552. The summed E-state index contributed by atoms with van der Waals surface area (Å²) in [4.78, 5) is 6.91. The molecular weight excluding hydrogens is 288 g/mol. The zero-order chi connectivity index (χ0) is 16.5. The van der Waals surface area contributed by atoms with Gasteiger partial charge in [0, 0.05) is 31.7 Å². The van der Waals surface area contributed by atoms with Crippen LogP contribution in [0.4, 0.5) is 0 Å². The van der Waals surface area contributed by atoms with E-state index in [1.807, 2.05) is 0 Å². The van der Waals surface area contributed by atoms with Crippen molar-refractivity contribution in [2.24, 2.45) is 4.99 Å². The summed E-state index contributed by atoms with van der Waals surface area (Å²) in [7, 11) is 0. The Morgan fingerprint density at radius 3 is 2.61 bits per heavy atom. The average Bonchev–Trinajstić information content (AvgIpc) is 2.60. The molecule has 128 valence electrons. The fraction of sp³-hybridized carbons (Fsp3) is 0.611. The topological polar surface area (TPSA) is 59.9 Å². The Kier molecular flexibility index (Phi) is 7.36. The maximum absolute atomic E-state index is 8.92. The van der Waals surface area contributed by atoms with Crippen molar-refractivity contribution in [1.29, 1.82) is 0 Å². The number of hydrogen-bond acceptors (Lipinski definition) is 3. The SMILES string of the molecule is CCNC(=NCCO)NC1CCN(C(C)c2ccccc2)CC1. The van der Waals surface area contributed by atoms with Gasteiger partial charge in [-0.2, -0.15) is 0 Å². The fourth-order valence-corrected chi connectivity index (χ4v) is 3.05. The first-order chi connectivity index (χ1) is 11.2. The first kappa shape index (κ1) is 17.8. The van der Waals surface area contributed by atoms with Gasteiger partial charge in [-0.05, 0) is 32.3 Å². The summed E-state index contributed by atoms with van der Waals surface area (Å²) in [6.45, 7) is 7.89. The highest BCUT2D eigenvalue weighted by Crippen LogP contribution is 2.23. The van der Waals surface area contributed by atoms with E-state index >= 15 is 0 Å². The van der Waals surface area contributed by atoms with Crippen LogP contribution in [0.5, 0.6) is 0 Å². The van der Waals surface area contributed by atoms with Crippen LogP contribution in [0.1, 0.15) is 38.3 Å². The van der Waals surface area contributed by atoms with Crippen LogP contribution in [-0.4, -0.2) is 54.8 Å². The van der Waals surface area contributed by atoms with Crippen molar-refractivity contribution in [3.05, 3.63) is 35.9 Å². The lowest BCUT2D eigenvalue weighted by Gasteiger charge is -2.37. The van der Waals surface area contributed by atoms with Gasteiger partial charge in [-0.3, -0.25) is 9.89 Å². The number of nitrogens with zero attached hydrogens (tertiary/aromatic N) is 2. The first-order valence-corrected chi connectivity index (χ1v) is 8.69. The molecule has 5 nitrogen and oxygen atoms in total. The second-order valence-corrected chi connectivity index (χ2v) is 6.03. The number of hydrogen-bond donors (Lipinski definition) is 3. The van der Waals surface area contributed by atoms with Gasteiger partial charge >= 0.3 is 0 Å². The van der Waals surface area contributed by atoms with Crippen molar-refractivity contribution in [2.75, 3.05) is 32.8 Å². The Labute approximate surface area is 139 Å². The van der Waals surface area contributed by atoms with Crippen LogP contribution in [0, 0.1) is 0 Å². The molecule has 2 rings (SSSR count). The van der Waals surface area contributed by atoms with E-state index in [1.165, 1.54) is 5.56 Å². The molecule has 1 aliphatic heterocycles. The largest absolute Gasteiger partial charge is 0.394 e. The van der Waals surface area contributed by atoms with E-state index in [9.17, 15) is 0 Å². The smallest absolute Gasteiger partial charge is 0.191 e. The van der Waals surface area contributed by atoms with E-state index < -0.39 is 0 Å². The van der Waals surface area contributed by atoms with Crippen molar-refractivity contribution in [2.45, 2.75) is 38.8 Å². The minimum atomic E-state index is 0.0869. The summed E-state index contributed by atoms with van der Waals surface area (Å²) < 4.78 is 0. The van der Waals surface area contributed by atoms with Gasteiger partial charge in [0.25, 0.3) is 0 Å². The number of nitrogens with one attached hydrogen (secondary N) is 2. The van der Waals surface area contributed by atoms with E-state index in [4.69, 9.17) is 5.11 Å². The van der Waals surface area contributed by atoms with Gasteiger partial charge < -0.3 is 15.7 Å². The van der Waals surface area contributed by atoms with E-state index in [1.54, 1.807) is 0 Å². The van der Waals surface area contributed by atoms with Gasteiger partial charge in [0.1, 0.15) is 0 Å². The van der Waals surface area contributed by atoms with Crippen LogP contribution in [0.3, 0.4) is 0 Å². The third-order valence-corrected chi connectivity index (χ3v) is 4.41. The number of aliphatic hydroxyl groups is 1. The summed E-state index contributed by atoms with van der Waals surface area (Å²) in [5.74, 6) is 0.816. The first-order valence-electron chi connectivity index (χ1n) is 8.69. The molecule has 3 N–H and O–H groups in total. The Morgan fingerprint density at radius 2 is 2.00 bits per heavy atom. The number of guanidine groups is 1. The molecule has 0 aromatic heterocycles. The standard InChI is InChI=1S/C18H30N4O/c1-3-19-18(20-11-14-23)21-17-9-12-22(13-10-17)15(2)16-7-5-4-6-8-16/h4-8,15,17,23H,3,9-14H2,1-2H3,(H2,19,20,21). The molecule has 1 fully saturated rings. The van der Waals surface area contributed by atoms with E-state index in [-0.39, 0.29) is 6.61 Å². The van der Waals surface area contributed by atoms with Crippen LogP contribution in [0.2, 0.25) is 0 Å². The molecule has 1 aromatic rings.